The number of rotatable bonds is 7. The van der Waals surface area contributed by atoms with Crippen molar-refractivity contribution in [1.82, 2.24) is 10.6 Å². The number of carbonyl (C=O) groups excluding carboxylic acids is 2. The SMILES string of the molecule is CC(C)C(CCO)NC(=O)CNC(=O)C1CCCC1. The Balaban J connectivity index is 2.27. The number of carbonyl (C=O) groups is 2. The summed E-state index contributed by atoms with van der Waals surface area (Å²) in [7, 11) is 0. The highest BCUT2D eigenvalue weighted by Crippen LogP contribution is 2.24. The van der Waals surface area contributed by atoms with Gasteiger partial charge in [0.15, 0.2) is 0 Å². The number of aliphatic hydroxyl groups is 1. The van der Waals surface area contributed by atoms with Crippen LogP contribution in [0.15, 0.2) is 0 Å². The second kappa shape index (κ2) is 8.15. The fourth-order valence-corrected chi connectivity index (χ4v) is 2.47. The standard InChI is InChI=1S/C14H26N2O3/c1-10(2)12(7-8-17)16-13(18)9-15-14(19)11-5-3-4-6-11/h10-12,17H,3-9H2,1-2H3,(H,15,19)(H,16,18). The van der Waals surface area contributed by atoms with Gasteiger partial charge in [0.2, 0.25) is 11.8 Å². The van der Waals surface area contributed by atoms with Crippen molar-refractivity contribution >= 4 is 11.8 Å². The van der Waals surface area contributed by atoms with E-state index in [-0.39, 0.29) is 42.8 Å². The molecular formula is C14H26N2O3. The molecule has 0 aromatic heterocycles. The lowest BCUT2D eigenvalue weighted by molar-refractivity contribution is -0.128. The number of amides is 2. The quantitative estimate of drug-likeness (QED) is 0.641. The molecule has 1 unspecified atom stereocenters. The molecule has 0 radical (unpaired) electrons. The first-order chi connectivity index (χ1) is 9.04. The number of hydrogen-bond donors (Lipinski definition) is 3. The summed E-state index contributed by atoms with van der Waals surface area (Å²) in [6, 6.07) is -0.0408. The fraction of sp³-hybridized carbons (Fsp3) is 0.857. The van der Waals surface area contributed by atoms with Crippen LogP contribution in [0.5, 0.6) is 0 Å². The molecule has 5 heteroatoms. The van der Waals surface area contributed by atoms with E-state index in [4.69, 9.17) is 5.11 Å². The molecule has 0 bridgehead atoms. The van der Waals surface area contributed by atoms with Gasteiger partial charge in [-0.2, -0.15) is 0 Å². The predicted octanol–water partition coefficient (Wildman–Crippen LogP) is 0.816. The van der Waals surface area contributed by atoms with Gasteiger partial charge in [-0.25, -0.2) is 0 Å². The van der Waals surface area contributed by atoms with Crippen LogP contribution >= 0.6 is 0 Å². The molecule has 0 heterocycles. The second-order valence-corrected chi connectivity index (χ2v) is 5.63. The Morgan fingerprint density at radius 2 is 1.89 bits per heavy atom. The van der Waals surface area contributed by atoms with E-state index < -0.39 is 0 Å². The zero-order valence-corrected chi connectivity index (χ0v) is 11.9. The molecule has 110 valence electrons. The van der Waals surface area contributed by atoms with E-state index >= 15 is 0 Å². The Bertz CT molecular complexity index is 299. The summed E-state index contributed by atoms with van der Waals surface area (Å²) in [6.07, 6.45) is 4.63. The van der Waals surface area contributed by atoms with Crippen molar-refractivity contribution < 1.29 is 14.7 Å². The lowest BCUT2D eigenvalue weighted by Crippen LogP contribution is -2.45. The van der Waals surface area contributed by atoms with Crippen molar-refractivity contribution in [2.24, 2.45) is 11.8 Å². The molecule has 0 aromatic rings. The molecule has 1 saturated carbocycles. The summed E-state index contributed by atoms with van der Waals surface area (Å²) < 4.78 is 0. The van der Waals surface area contributed by atoms with E-state index in [1.54, 1.807) is 0 Å². The minimum absolute atomic E-state index is 0.00379. The van der Waals surface area contributed by atoms with Crippen LogP contribution in [0.4, 0.5) is 0 Å². The van der Waals surface area contributed by atoms with Crippen LogP contribution in [0, 0.1) is 11.8 Å². The second-order valence-electron chi connectivity index (χ2n) is 5.63. The van der Waals surface area contributed by atoms with Crippen molar-refractivity contribution in [2.75, 3.05) is 13.2 Å². The summed E-state index contributed by atoms with van der Waals surface area (Å²) in [4.78, 5) is 23.5. The van der Waals surface area contributed by atoms with Crippen LogP contribution in [0.1, 0.15) is 46.0 Å². The fourth-order valence-electron chi connectivity index (χ4n) is 2.47. The molecule has 2 amide bonds. The Morgan fingerprint density at radius 3 is 2.42 bits per heavy atom. The highest BCUT2D eigenvalue weighted by molar-refractivity contribution is 5.86. The first kappa shape index (κ1) is 16.0. The average molecular weight is 270 g/mol. The Labute approximate surface area is 115 Å². The van der Waals surface area contributed by atoms with Crippen LogP contribution in [0.3, 0.4) is 0 Å². The third-order valence-electron chi connectivity index (χ3n) is 3.74. The summed E-state index contributed by atoms with van der Waals surface area (Å²) in [5.74, 6) is 0.169. The maximum Gasteiger partial charge on any atom is 0.239 e. The van der Waals surface area contributed by atoms with Crippen molar-refractivity contribution in [2.45, 2.75) is 52.0 Å². The number of hydrogen-bond acceptors (Lipinski definition) is 3. The molecule has 0 aliphatic heterocycles. The molecule has 1 atom stereocenters. The predicted molar refractivity (Wildman–Crippen MR) is 73.4 cm³/mol. The summed E-state index contributed by atoms with van der Waals surface area (Å²) in [5.41, 5.74) is 0. The molecule has 0 spiro atoms. The maximum atomic E-state index is 11.8. The van der Waals surface area contributed by atoms with Gasteiger partial charge < -0.3 is 15.7 Å². The lowest BCUT2D eigenvalue weighted by atomic mass is 10.0. The normalized spacial score (nSPS) is 17.5. The topological polar surface area (TPSA) is 78.4 Å². The highest BCUT2D eigenvalue weighted by Gasteiger charge is 2.23. The Morgan fingerprint density at radius 1 is 1.26 bits per heavy atom. The molecule has 1 fully saturated rings. The van der Waals surface area contributed by atoms with Gasteiger partial charge in [0, 0.05) is 18.6 Å². The Kier molecular flexibility index (Phi) is 6.84. The van der Waals surface area contributed by atoms with Gasteiger partial charge in [-0.1, -0.05) is 26.7 Å². The number of aliphatic hydroxyl groups excluding tert-OH is 1. The summed E-state index contributed by atoms with van der Waals surface area (Å²) >= 11 is 0. The molecule has 19 heavy (non-hydrogen) atoms. The molecule has 5 nitrogen and oxygen atoms in total. The van der Waals surface area contributed by atoms with E-state index in [0.29, 0.717) is 6.42 Å². The van der Waals surface area contributed by atoms with Crippen LogP contribution < -0.4 is 10.6 Å². The molecule has 0 saturated heterocycles. The Hall–Kier alpha value is -1.10. The molecule has 1 rings (SSSR count). The smallest absolute Gasteiger partial charge is 0.239 e. The van der Waals surface area contributed by atoms with E-state index in [0.717, 1.165) is 25.7 Å². The van der Waals surface area contributed by atoms with Gasteiger partial charge in [-0.05, 0) is 25.2 Å². The minimum Gasteiger partial charge on any atom is -0.396 e. The molecule has 1 aliphatic rings. The molecule has 0 aromatic carbocycles. The lowest BCUT2D eigenvalue weighted by Gasteiger charge is -2.21. The van der Waals surface area contributed by atoms with Crippen molar-refractivity contribution in [3.63, 3.8) is 0 Å². The summed E-state index contributed by atoms with van der Waals surface area (Å²) in [6.45, 7) is 4.08. The monoisotopic (exact) mass is 270 g/mol. The van der Waals surface area contributed by atoms with Crippen LogP contribution in [0.25, 0.3) is 0 Å². The van der Waals surface area contributed by atoms with E-state index in [9.17, 15) is 9.59 Å². The van der Waals surface area contributed by atoms with E-state index in [2.05, 4.69) is 10.6 Å². The third-order valence-corrected chi connectivity index (χ3v) is 3.74. The van der Waals surface area contributed by atoms with Gasteiger partial charge in [0.1, 0.15) is 0 Å². The van der Waals surface area contributed by atoms with Gasteiger partial charge in [-0.15, -0.1) is 0 Å². The zero-order valence-electron chi connectivity index (χ0n) is 11.9. The van der Waals surface area contributed by atoms with Crippen molar-refractivity contribution in [3.05, 3.63) is 0 Å². The van der Waals surface area contributed by atoms with Crippen molar-refractivity contribution in [3.8, 4) is 0 Å². The molecule has 3 N–H and O–H groups in total. The van der Waals surface area contributed by atoms with Gasteiger partial charge >= 0.3 is 0 Å². The third kappa shape index (κ3) is 5.59. The minimum atomic E-state index is -0.182. The molecule has 1 aliphatic carbocycles. The zero-order chi connectivity index (χ0) is 14.3. The number of nitrogens with one attached hydrogen (secondary N) is 2. The van der Waals surface area contributed by atoms with Gasteiger partial charge in [-0.3, -0.25) is 9.59 Å². The largest absolute Gasteiger partial charge is 0.396 e. The van der Waals surface area contributed by atoms with Crippen molar-refractivity contribution in [1.29, 1.82) is 0 Å². The van der Waals surface area contributed by atoms with Crippen LogP contribution in [-0.4, -0.2) is 36.1 Å². The first-order valence-electron chi connectivity index (χ1n) is 7.22. The van der Waals surface area contributed by atoms with Gasteiger partial charge in [0.05, 0.1) is 6.54 Å². The van der Waals surface area contributed by atoms with Gasteiger partial charge in [0.25, 0.3) is 0 Å². The van der Waals surface area contributed by atoms with E-state index in [1.807, 2.05) is 13.8 Å². The maximum absolute atomic E-state index is 11.8. The van der Waals surface area contributed by atoms with E-state index in [1.165, 1.54) is 0 Å². The summed E-state index contributed by atoms with van der Waals surface area (Å²) in [5, 5.41) is 14.5. The first-order valence-corrected chi connectivity index (χ1v) is 7.22. The molecular weight excluding hydrogens is 244 g/mol. The van der Waals surface area contributed by atoms with Crippen LogP contribution in [0.2, 0.25) is 0 Å². The average Bonchev–Trinajstić information content (AvgIpc) is 2.89. The highest BCUT2D eigenvalue weighted by atomic mass is 16.3. The van der Waals surface area contributed by atoms with Crippen LogP contribution in [-0.2, 0) is 9.59 Å².